The normalized spacial score (nSPS) is 11.3. The van der Waals surface area contributed by atoms with Gasteiger partial charge in [0.15, 0.2) is 10.9 Å². The number of para-hydroxylation sites is 2. The SMILES string of the molecule is O=C(Nc1nn[nH]n1)C(c1coc2ccccc2c1=O)c1coc2ccccc2c1=O. The Morgan fingerprint density at radius 1 is 0.871 bits per heavy atom. The van der Waals surface area contributed by atoms with Gasteiger partial charge >= 0.3 is 0 Å². The van der Waals surface area contributed by atoms with E-state index in [-0.39, 0.29) is 27.8 Å². The molecule has 0 saturated heterocycles. The second-order valence-corrected chi connectivity index (χ2v) is 6.69. The maximum Gasteiger partial charge on any atom is 0.269 e. The Morgan fingerprint density at radius 3 is 1.94 bits per heavy atom. The number of nitrogens with one attached hydrogen (secondary N) is 2. The fourth-order valence-electron chi connectivity index (χ4n) is 3.43. The predicted octanol–water partition coefficient (Wildman–Crippen LogP) is 2.18. The summed E-state index contributed by atoms with van der Waals surface area (Å²) in [6.45, 7) is 0. The molecule has 3 aromatic heterocycles. The largest absolute Gasteiger partial charge is 0.464 e. The van der Waals surface area contributed by atoms with Crippen LogP contribution in [0.3, 0.4) is 0 Å². The molecule has 2 aromatic carbocycles. The molecule has 0 spiro atoms. The van der Waals surface area contributed by atoms with Gasteiger partial charge in [0.25, 0.3) is 5.95 Å². The van der Waals surface area contributed by atoms with Crippen LogP contribution in [0.4, 0.5) is 5.95 Å². The van der Waals surface area contributed by atoms with Crippen molar-refractivity contribution in [3.05, 3.63) is 92.6 Å². The molecule has 1 amide bonds. The molecule has 31 heavy (non-hydrogen) atoms. The molecule has 0 fully saturated rings. The number of hydrogen-bond donors (Lipinski definition) is 2. The van der Waals surface area contributed by atoms with Gasteiger partial charge in [-0.2, -0.15) is 5.21 Å². The fraction of sp³-hybridized carbons (Fsp3) is 0.0476. The van der Waals surface area contributed by atoms with E-state index in [0.717, 1.165) is 0 Å². The molecule has 0 saturated carbocycles. The van der Waals surface area contributed by atoms with Crippen LogP contribution in [0.1, 0.15) is 17.0 Å². The molecule has 5 aromatic rings. The van der Waals surface area contributed by atoms with Gasteiger partial charge in [-0.3, -0.25) is 19.7 Å². The summed E-state index contributed by atoms with van der Waals surface area (Å²) in [4.78, 5) is 39.6. The van der Waals surface area contributed by atoms with Crippen molar-refractivity contribution >= 4 is 33.8 Å². The van der Waals surface area contributed by atoms with Crippen molar-refractivity contribution in [2.75, 3.05) is 5.32 Å². The van der Waals surface area contributed by atoms with Crippen molar-refractivity contribution in [2.45, 2.75) is 5.92 Å². The molecule has 0 radical (unpaired) electrons. The first kappa shape index (κ1) is 18.4. The van der Waals surface area contributed by atoms with Crippen LogP contribution in [0, 0.1) is 0 Å². The van der Waals surface area contributed by atoms with Crippen molar-refractivity contribution < 1.29 is 13.6 Å². The number of hydrogen-bond acceptors (Lipinski definition) is 8. The molecule has 0 aliphatic heterocycles. The highest BCUT2D eigenvalue weighted by Crippen LogP contribution is 2.25. The quantitative estimate of drug-likeness (QED) is 0.454. The van der Waals surface area contributed by atoms with Crippen molar-refractivity contribution in [1.82, 2.24) is 20.6 Å². The average molecular weight is 415 g/mol. The van der Waals surface area contributed by atoms with Crippen LogP contribution in [0.25, 0.3) is 21.9 Å². The standard InChI is InChI=1S/C21H13N5O5/c27-18-11-5-1-3-7-15(11)30-9-13(18)17(20(29)22-21-23-25-26-24-21)14-10-31-16-8-4-2-6-12(16)19(14)28/h1-10,17H,(H2,22,23,24,25,26,29). The summed E-state index contributed by atoms with van der Waals surface area (Å²) in [6, 6.07) is 13.3. The molecule has 5 rings (SSSR count). The number of H-pyrrole nitrogens is 1. The number of nitrogens with zero attached hydrogens (tertiary/aromatic N) is 3. The topological polar surface area (TPSA) is 144 Å². The van der Waals surface area contributed by atoms with Crippen LogP contribution in [0.15, 0.2) is 79.5 Å². The highest BCUT2D eigenvalue weighted by molar-refractivity contribution is 5.97. The summed E-state index contributed by atoms with van der Waals surface area (Å²) < 4.78 is 11.2. The van der Waals surface area contributed by atoms with E-state index in [2.05, 4.69) is 25.9 Å². The van der Waals surface area contributed by atoms with Gasteiger partial charge < -0.3 is 8.83 Å². The number of carbonyl (C=O) groups excluding carboxylic acids is 1. The Labute approximate surface area is 172 Å². The number of benzene rings is 2. The Balaban J connectivity index is 1.74. The first-order valence-corrected chi connectivity index (χ1v) is 9.18. The Hall–Kier alpha value is -4.60. The smallest absolute Gasteiger partial charge is 0.269 e. The van der Waals surface area contributed by atoms with Gasteiger partial charge in [-0.05, 0) is 29.5 Å². The van der Waals surface area contributed by atoms with E-state index < -0.39 is 22.7 Å². The number of carbonyl (C=O) groups is 1. The Morgan fingerprint density at radius 2 is 1.42 bits per heavy atom. The monoisotopic (exact) mass is 415 g/mol. The highest BCUT2D eigenvalue weighted by atomic mass is 16.3. The minimum atomic E-state index is -1.33. The first-order chi connectivity index (χ1) is 15.1. The Kier molecular flexibility index (Phi) is 4.36. The van der Waals surface area contributed by atoms with E-state index in [1.54, 1.807) is 48.5 Å². The van der Waals surface area contributed by atoms with Crippen molar-refractivity contribution in [3.63, 3.8) is 0 Å². The third kappa shape index (κ3) is 3.15. The molecule has 0 aliphatic rings. The number of amides is 1. The molecular formula is C21H13N5O5. The zero-order chi connectivity index (χ0) is 21.4. The van der Waals surface area contributed by atoms with Crippen LogP contribution in [-0.2, 0) is 4.79 Å². The molecule has 0 bridgehead atoms. The second-order valence-electron chi connectivity index (χ2n) is 6.69. The lowest BCUT2D eigenvalue weighted by Crippen LogP contribution is -2.30. The summed E-state index contributed by atoms with van der Waals surface area (Å²) in [5.41, 5.74) is -0.215. The zero-order valence-electron chi connectivity index (χ0n) is 15.7. The van der Waals surface area contributed by atoms with Gasteiger partial charge in [0, 0.05) is 0 Å². The summed E-state index contributed by atoms with van der Waals surface area (Å²) in [5.74, 6) is -2.16. The fourth-order valence-corrected chi connectivity index (χ4v) is 3.43. The van der Waals surface area contributed by atoms with Crippen LogP contribution in [-0.4, -0.2) is 26.5 Å². The summed E-state index contributed by atoms with van der Waals surface area (Å²) in [5, 5.41) is 16.0. The summed E-state index contributed by atoms with van der Waals surface area (Å²) in [7, 11) is 0. The van der Waals surface area contributed by atoms with Crippen LogP contribution in [0.2, 0.25) is 0 Å². The molecular weight excluding hydrogens is 402 g/mol. The maximum atomic E-state index is 13.2. The second kappa shape index (κ2) is 7.34. The van der Waals surface area contributed by atoms with Gasteiger partial charge in [0.1, 0.15) is 17.1 Å². The number of anilines is 1. The third-order valence-electron chi connectivity index (χ3n) is 4.88. The van der Waals surface area contributed by atoms with Gasteiger partial charge in [-0.25, -0.2) is 0 Å². The minimum absolute atomic E-state index is 0.0257. The Bertz CT molecular complexity index is 1440. The van der Waals surface area contributed by atoms with Gasteiger partial charge in [0.2, 0.25) is 5.91 Å². The number of aromatic nitrogens is 4. The first-order valence-electron chi connectivity index (χ1n) is 9.18. The van der Waals surface area contributed by atoms with Gasteiger partial charge in [-0.15, -0.1) is 5.10 Å². The molecule has 152 valence electrons. The number of fused-ring (bicyclic) bond motifs is 2. The lowest BCUT2D eigenvalue weighted by atomic mass is 9.91. The van der Waals surface area contributed by atoms with Crippen LogP contribution < -0.4 is 16.2 Å². The lowest BCUT2D eigenvalue weighted by Gasteiger charge is -2.15. The number of aromatic amines is 1. The number of tetrazole rings is 1. The van der Waals surface area contributed by atoms with Crippen molar-refractivity contribution in [3.8, 4) is 0 Å². The molecule has 3 heterocycles. The molecule has 10 nitrogen and oxygen atoms in total. The van der Waals surface area contributed by atoms with E-state index in [0.29, 0.717) is 11.2 Å². The molecule has 10 heteroatoms. The third-order valence-corrected chi connectivity index (χ3v) is 4.88. The van der Waals surface area contributed by atoms with Crippen LogP contribution in [0.5, 0.6) is 0 Å². The summed E-state index contributed by atoms with van der Waals surface area (Å²) in [6.07, 6.45) is 2.36. The molecule has 2 N–H and O–H groups in total. The van der Waals surface area contributed by atoms with Crippen molar-refractivity contribution in [2.24, 2.45) is 0 Å². The van der Waals surface area contributed by atoms with Gasteiger partial charge in [0.05, 0.1) is 34.4 Å². The minimum Gasteiger partial charge on any atom is -0.464 e. The highest BCUT2D eigenvalue weighted by Gasteiger charge is 2.31. The van der Waals surface area contributed by atoms with Gasteiger partial charge in [-0.1, -0.05) is 29.4 Å². The van der Waals surface area contributed by atoms with Crippen LogP contribution >= 0.6 is 0 Å². The van der Waals surface area contributed by atoms with Crippen molar-refractivity contribution in [1.29, 1.82) is 0 Å². The van der Waals surface area contributed by atoms with E-state index >= 15 is 0 Å². The molecule has 0 unspecified atom stereocenters. The predicted molar refractivity (Wildman–Crippen MR) is 110 cm³/mol. The summed E-state index contributed by atoms with van der Waals surface area (Å²) >= 11 is 0. The number of rotatable bonds is 4. The molecule has 0 atom stereocenters. The molecule has 0 aliphatic carbocycles. The maximum absolute atomic E-state index is 13.2. The van der Waals surface area contributed by atoms with E-state index in [4.69, 9.17) is 8.83 Å². The average Bonchev–Trinajstić information content (AvgIpc) is 3.30. The zero-order valence-corrected chi connectivity index (χ0v) is 15.7. The van der Waals surface area contributed by atoms with E-state index in [1.165, 1.54) is 12.5 Å². The van der Waals surface area contributed by atoms with E-state index in [1.807, 2.05) is 0 Å². The lowest BCUT2D eigenvalue weighted by molar-refractivity contribution is -0.116. The van der Waals surface area contributed by atoms with E-state index in [9.17, 15) is 14.4 Å².